The lowest BCUT2D eigenvalue weighted by molar-refractivity contribution is 0.244. The lowest BCUT2D eigenvalue weighted by atomic mass is 10.1. The van der Waals surface area contributed by atoms with Crippen LogP contribution in [0.25, 0.3) is 21.8 Å². The molecule has 0 saturated heterocycles. The normalized spacial score (nSPS) is 11.5. The minimum Gasteiger partial charge on any atom is -0.504 e. The summed E-state index contributed by atoms with van der Waals surface area (Å²) in [6.45, 7) is 7.76. The molecule has 0 spiro atoms. The summed E-state index contributed by atoms with van der Waals surface area (Å²) in [5, 5.41) is 11.6. The SMILES string of the molecule is CCN(CC)CCCOc1ccc2c(c1O)c(=O)c1ccccc1n2C. The van der Waals surface area contributed by atoms with Crippen LogP contribution in [0, 0.1) is 0 Å². The number of benzene rings is 2. The fraction of sp³-hybridized carbons (Fsp3) is 0.381. The first-order valence-corrected chi connectivity index (χ1v) is 9.17. The van der Waals surface area contributed by atoms with Gasteiger partial charge in [0.05, 0.1) is 23.0 Å². The molecular formula is C21H26N2O3. The van der Waals surface area contributed by atoms with Gasteiger partial charge in [-0.15, -0.1) is 0 Å². The van der Waals surface area contributed by atoms with Gasteiger partial charge in [0.25, 0.3) is 0 Å². The summed E-state index contributed by atoms with van der Waals surface area (Å²) in [5.74, 6) is 0.293. The van der Waals surface area contributed by atoms with Gasteiger partial charge < -0.3 is 19.3 Å². The van der Waals surface area contributed by atoms with E-state index in [9.17, 15) is 9.90 Å². The number of aromatic hydroxyl groups is 1. The zero-order valence-electron chi connectivity index (χ0n) is 15.7. The molecule has 0 bridgehead atoms. The first-order chi connectivity index (χ1) is 12.6. The monoisotopic (exact) mass is 354 g/mol. The average Bonchev–Trinajstić information content (AvgIpc) is 2.67. The fourth-order valence-corrected chi connectivity index (χ4v) is 3.41. The molecule has 0 unspecified atom stereocenters. The predicted octanol–water partition coefficient (Wildman–Crippen LogP) is 3.51. The number of fused-ring (bicyclic) bond motifs is 2. The summed E-state index contributed by atoms with van der Waals surface area (Å²) in [6, 6.07) is 11.0. The molecule has 1 aromatic heterocycles. The van der Waals surface area contributed by atoms with Crippen molar-refractivity contribution in [2.24, 2.45) is 7.05 Å². The molecule has 1 N–H and O–H groups in total. The van der Waals surface area contributed by atoms with Crippen molar-refractivity contribution in [1.82, 2.24) is 9.47 Å². The maximum atomic E-state index is 12.9. The zero-order chi connectivity index (χ0) is 18.7. The van der Waals surface area contributed by atoms with E-state index in [4.69, 9.17) is 4.74 Å². The number of phenolic OH excluding ortho intramolecular Hbond substituents is 1. The predicted molar refractivity (Wildman–Crippen MR) is 106 cm³/mol. The Kier molecular flexibility index (Phi) is 5.47. The van der Waals surface area contributed by atoms with Gasteiger partial charge in [0.1, 0.15) is 0 Å². The number of para-hydroxylation sites is 1. The van der Waals surface area contributed by atoms with Crippen molar-refractivity contribution < 1.29 is 9.84 Å². The van der Waals surface area contributed by atoms with Gasteiger partial charge in [0, 0.05) is 19.0 Å². The average molecular weight is 354 g/mol. The van der Waals surface area contributed by atoms with Gasteiger partial charge in [-0.3, -0.25) is 4.79 Å². The molecular weight excluding hydrogens is 328 g/mol. The summed E-state index contributed by atoms with van der Waals surface area (Å²) in [5.41, 5.74) is 1.37. The highest BCUT2D eigenvalue weighted by Crippen LogP contribution is 2.33. The van der Waals surface area contributed by atoms with Crippen molar-refractivity contribution in [3.8, 4) is 11.5 Å². The second-order valence-corrected chi connectivity index (χ2v) is 6.44. The van der Waals surface area contributed by atoms with E-state index in [1.54, 1.807) is 12.1 Å². The second-order valence-electron chi connectivity index (χ2n) is 6.44. The Morgan fingerprint density at radius 1 is 1.08 bits per heavy atom. The highest BCUT2D eigenvalue weighted by atomic mass is 16.5. The van der Waals surface area contributed by atoms with Crippen LogP contribution in [-0.4, -0.2) is 40.8 Å². The van der Waals surface area contributed by atoms with Crippen molar-refractivity contribution in [1.29, 1.82) is 0 Å². The van der Waals surface area contributed by atoms with Crippen molar-refractivity contribution in [3.63, 3.8) is 0 Å². The van der Waals surface area contributed by atoms with Crippen molar-refractivity contribution in [3.05, 3.63) is 46.6 Å². The van der Waals surface area contributed by atoms with Gasteiger partial charge in [-0.1, -0.05) is 26.0 Å². The van der Waals surface area contributed by atoms with E-state index < -0.39 is 0 Å². The van der Waals surface area contributed by atoms with Crippen LogP contribution >= 0.6 is 0 Å². The van der Waals surface area contributed by atoms with E-state index in [2.05, 4.69) is 18.7 Å². The van der Waals surface area contributed by atoms with Crippen molar-refractivity contribution >= 4 is 21.8 Å². The number of aromatic nitrogens is 1. The van der Waals surface area contributed by atoms with Crippen LogP contribution in [0.2, 0.25) is 0 Å². The van der Waals surface area contributed by atoms with Crippen LogP contribution in [0.3, 0.4) is 0 Å². The van der Waals surface area contributed by atoms with E-state index >= 15 is 0 Å². The molecule has 0 radical (unpaired) electrons. The molecule has 1 heterocycles. The Labute approximate surface area is 153 Å². The number of pyridine rings is 1. The van der Waals surface area contributed by atoms with Gasteiger partial charge >= 0.3 is 0 Å². The van der Waals surface area contributed by atoms with Gasteiger partial charge in [-0.25, -0.2) is 0 Å². The van der Waals surface area contributed by atoms with E-state index in [-0.39, 0.29) is 11.2 Å². The topological polar surface area (TPSA) is 54.7 Å². The minimum absolute atomic E-state index is 0.0725. The number of nitrogens with zero attached hydrogens (tertiary/aromatic N) is 2. The van der Waals surface area contributed by atoms with Gasteiger partial charge in [-0.2, -0.15) is 0 Å². The quantitative estimate of drug-likeness (QED) is 0.521. The summed E-state index contributed by atoms with van der Waals surface area (Å²) in [4.78, 5) is 15.2. The number of hydrogen-bond acceptors (Lipinski definition) is 4. The Hall–Kier alpha value is -2.53. The van der Waals surface area contributed by atoms with Crippen LogP contribution in [0.4, 0.5) is 0 Å². The Morgan fingerprint density at radius 2 is 1.81 bits per heavy atom. The summed E-state index contributed by atoms with van der Waals surface area (Å²) < 4.78 is 7.69. The molecule has 3 rings (SSSR count). The molecule has 0 aliphatic heterocycles. The van der Waals surface area contributed by atoms with Crippen LogP contribution in [-0.2, 0) is 7.05 Å². The highest BCUT2D eigenvalue weighted by Gasteiger charge is 2.15. The summed E-state index contributed by atoms with van der Waals surface area (Å²) >= 11 is 0. The van der Waals surface area contributed by atoms with E-state index in [0.717, 1.165) is 31.6 Å². The van der Waals surface area contributed by atoms with E-state index in [1.807, 2.05) is 35.9 Å². The molecule has 5 nitrogen and oxygen atoms in total. The van der Waals surface area contributed by atoms with Gasteiger partial charge in [0.15, 0.2) is 11.5 Å². The first-order valence-electron chi connectivity index (χ1n) is 9.17. The molecule has 0 amide bonds. The molecule has 3 aromatic rings. The molecule has 0 aliphatic rings. The third-order valence-corrected chi connectivity index (χ3v) is 4.99. The van der Waals surface area contributed by atoms with Crippen molar-refractivity contribution in [2.45, 2.75) is 20.3 Å². The molecule has 0 atom stereocenters. The number of hydrogen-bond donors (Lipinski definition) is 1. The largest absolute Gasteiger partial charge is 0.504 e. The molecule has 0 saturated carbocycles. The number of phenols is 1. The third-order valence-electron chi connectivity index (χ3n) is 4.99. The number of aryl methyl sites for hydroxylation is 1. The summed E-state index contributed by atoms with van der Waals surface area (Å²) in [6.07, 6.45) is 0.870. The van der Waals surface area contributed by atoms with Gasteiger partial charge in [0.2, 0.25) is 5.43 Å². The lowest BCUT2D eigenvalue weighted by Crippen LogP contribution is -2.25. The van der Waals surface area contributed by atoms with Crippen LogP contribution in [0.15, 0.2) is 41.2 Å². The van der Waals surface area contributed by atoms with Crippen LogP contribution < -0.4 is 10.2 Å². The highest BCUT2D eigenvalue weighted by molar-refractivity contribution is 5.97. The van der Waals surface area contributed by atoms with Crippen LogP contribution in [0.5, 0.6) is 11.5 Å². The Morgan fingerprint density at radius 3 is 2.54 bits per heavy atom. The standard InChI is InChI=1S/C21H26N2O3/c1-4-23(5-2)13-8-14-26-18-12-11-17-19(21(18)25)20(24)15-9-6-7-10-16(15)22(17)3/h6-7,9-12,25H,4-5,8,13-14H2,1-3H3. The smallest absolute Gasteiger partial charge is 0.201 e. The number of ether oxygens (including phenoxy) is 1. The molecule has 26 heavy (non-hydrogen) atoms. The second kappa shape index (κ2) is 7.79. The molecule has 138 valence electrons. The summed E-state index contributed by atoms with van der Waals surface area (Å²) in [7, 11) is 1.90. The Bertz CT molecular complexity index is 974. The van der Waals surface area contributed by atoms with Crippen molar-refractivity contribution in [2.75, 3.05) is 26.2 Å². The first kappa shape index (κ1) is 18.3. The van der Waals surface area contributed by atoms with Gasteiger partial charge in [-0.05, 0) is 43.8 Å². The fourth-order valence-electron chi connectivity index (χ4n) is 3.41. The zero-order valence-corrected chi connectivity index (χ0v) is 15.7. The molecule has 0 fully saturated rings. The molecule has 2 aromatic carbocycles. The van der Waals surface area contributed by atoms with E-state index in [0.29, 0.717) is 28.6 Å². The minimum atomic E-state index is -0.167. The Balaban J connectivity index is 1.92. The molecule has 0 aliphatic carbocycles. The van der Waals surface area contributed by atoms with Crippen LogP contribution in [0.1, 0.15) is 20.3 Å². The molecule has 5 heteroatoms. The number of rotatable bonds is 7. The third kappa shape index (κ3) is 3.27. The van der Waals surface area contributed by atoms with E-state index in [1.165, 1.54) is 0 Å². The maximum absolute atomic E-state index is 12.9. The lowest BCUT2D eigenvalue weighted by Gasteiger charge is -2.18. The maximum Gasteiger partial charge on any atom is 0.201 e.